The summed E-state index contributed by atoms with van der Waals surface area (Å²) >= 11 is 0. The molecule has 0 saturated carbocycles. The maximum atomic E-state index is 11.4. The van der Waals surface area contributed by atoms with E-state index >= 15 is 0 Å². The Labute approximate surface area is 284 Å². The molecule has 8 rings (SSSR count). The molecule has 0 unspecified atom stereocenters. The summed E-state index contributed by atoms with van der Waals surface area (Å²) < 4.78 is 6.05. The number of hydrogen-bond acceptors (Lipinski definition) is 3. The Bertz CT molecular complexity index is 2680. The van der Waals surface area contributed by atoms with Gasteiger partial charge in [-0.2, -0.15) is 0 Å². The van der Waals surface area contributed by atoms with Crippen LogP contribution in [0.5, 0.6) is 11.5 Å². The minimum absolute atomic E-state index is 0.123. The Kier molecular flexibility index (Phi) is 7.88. The Morgan fingerprint density at radius 3 is 1.39 bits per heavy atom. The second-order valence-electron chi connectivity index (χ2n) is 12.0. The van der Waals surface area contributed by atoms with Gasteiger partial charge in [-0.1, -0.05) is 109 Å². The smallest absolute Gasteiger partial charge is 0.128 e. The summed E-state index contributed by atoms with van der Waals surface area (Å²) in [4.78, 5) is 0. The fourth-order valence-electron chi connectivity index (χ4n) is 6.40. The van der Waals surface area contributed by atoms with Crippen LogP contribution in [0.15, 0.2) is 146 Å². The molecule has 0 aliphatic carbocycles. The topological polar surface area (TPSA) is 49.7 Å². The summed E-state index contributed by atoms with van der Waals surface area (Å²) in [6, 6.07) is 48.7. The van der Waals surface area contributed by atoms with Crippen LogP contribution < -0.4 is 4.74 Å². The third kappa shape index (κ3) is 6.04. The molecule has 2 N–H and O–H groups in total. The van der Waals surface area contributed by atoms with Crippen LogP contribution >= 0.6 is 0 Å². The predicted molar refractivity (Wildman–Crippen MR) is 201 cm³/mol. The molecule has 0 saturated heterocycles. The molecule has 8 aromatic carbocycles. The minimum Gasteiger partial charge on any atom is -0.507 e. The molecule has 8 aromatic rings. The number of phenolic OH excluding ortho intramolecular Hbond substituents is 1. The van der Waals surface area contributed by atoms with E-state index in [2.05, 4.69) is 78.3 Å². The monoisotopic (exact) mass is 630 g/mol. The van der Waals surface area contributed by atoms with Gasteiger partial charge in [0, 0.05) is 33.4 Å². The molecule has 49 heavy (non-hydrogen) atoms. The number of benzene rings is 8. The second-order valence-corrected chi connectivity index (χ2v) is 12.0. The number of ether oxygens (including phenoxy) is 1. The summed E-state index contributed by atoms with van der Waals surface area (Å²) in [5.74, 6) is 14.0. The highest BCUT2D eigenvalue weighted by atomic mass is 16.5. The van der Waals surface area contributed by atoms with Crippen molar-refractivity contribution in [2.75, 3.05) is 13.2 Å². The van der Waals surface area contributed by atoms with E-state index in [1.807, 2.05) is 84.9 Å². The lowest BCUT2D eigenvalue weighted by molar-refractivity contribution is 0.202. The normalized spacial score (nSPS) is 10.9. The number of aliphatic hydroxyl groups is 1. The van der Waals surface area contributed by atoms with Crippen LogP contribution in [0.1, 0.15) is 22.3 Å². The first-order valence-electron chi connectivity index (χ1n) is 16.2. The van der Waals surface area contributed by atoms with Gasteiger partial charge < -0.3 is 14.9 Å². The fraction of sp³-hybridized carbons (Fsp3) is 0.0435. The van der Waals surface area contributed by atoms with Crippen molar-refractivity contribution in [3.63, 3.8) is 0 Å². The molecule has 0 aliphatic heterocycles. The first kappa shape index (κ1) is 29.9. The maximum absolute atomic E-state index is 11.4. The van der Waals surface area contributed by atoms with Crippen molar-refractivity contribution in [1.29, 1.82) is 0 Å². The molecule has 0 atom stereocenters. The standard InChI is InChI=1S/C46H30O3/c47-25-26-49-44-24-20-40-30-34(12-10-32-14-18-36-6-2-4-8-38(36)28-32)16-22-42(40)46(44)45-41-21-15-33(29-39(41)19-23-43(45)48)11-9-31-13-17-35-5-1-3-7-37(35)27-31/h1-8,13-24,27-30,47-48H,25-26H2. The van der Waals surface area contributed by atoms with E-state index in [0.717, 1.165) is 60.1 Å². The van der Waals surface area contributed by atoms with Crippen molar-refractivity contribution in [2.45, 2.75) is 0 Å². The van der Waals surface area contributed by atoms with Gasteiger partial charge in [-0.25, -0.2) is 0 Å². The van der Waals surface area contributed by atoms with E-state index in [4.69, 9.17) is 4.74 Å². The zero-order chi connectivity index (χ0) is 33.2. The number of hydrogen-bond donors (Lipinski definition) is 2. The molecule has 0 bridgehead atoms. The van der Waals surface area contributed by atoms with Crippen LogP contribution in [0, 0.1) is 23.7 Å². The van der Waals surface area contributed by atoms with Gasteiger partial charge in [0.1, 0.15) is 18.1 Å². The van der Waals surface area contributed by atoms with Crippen LogP contribution in [-0.4, -0.2) is 23.4 Å². The van der Waals surface area contributed by atoms with E-state index in [0.29, 0.717) is 11.3 Å². The van der Waals surface area contributed by atoms with Gasteiger partial charge >= 0.3 is 0 Å². The molecule has 232 valence electrons. The predicted octanol–water partition coefficient (Wildman–Crippen LogP) is 9.84. The van der Waals surface area contributed by atoms with Gasteiger partial charge in [-0.3, -0.25) is 0 Å². The van der Waals surface area contributed by atoms with Crippen molar-refractivity contribution in [1.82, 2.24) is 0 Å². The third-order valence-corrected chi connectivity index (χ3v) is 8.78. The molecular weight excluding hydrogens is 601 g/mol. The Balaban J connectivity index is 1.19. The summed E-state index contributed by atoms with van der Waals surface area (Å²) in [6.45, 7) is 0.00932. The highest BCUT2D eigenvalue weighted by Crippen LogP contribution is 2.45. The molecule has 0 heterocycles. The van der Waals surface area contributed by atoms with Gasteiger partial charge in [0.25, 0.3) is 0 Å². The average molecular weight is 631 g/mol. The number of phenols is 1. The first-order chi connectivity index (χ1) is 24.1. The summed E-state index contributed by atoms with van der Waals surface area (Å²) in [6.07, 6.45) is 0. The van der Waals surface area contributed by atoms with Gasteiger partial charge in [-0.15, -0.1) is 0 Å². The largest absolute Gasteiger partial charge is 0.507 e. The Morgan fingerprint density at radius 2 is 0.857 bits per heavy atom. The molecule has 0 aliphatic rings. The Morgan fingerprint density at radius 1 is 0.429 bits per heavy atom. The number of fused-ring (bicyclic) bond motifs is 4. The summed E-state index contributed by atoms with van der Waals surface area (Å²) in [5.41, 5.74) is 5.09. The van der Waals surface area contributed by atoms with E-state index in [1.54, 1.807) is 6.07 Å². The van der Waals surface area contributed by atoms with Crippen LogP contribution in [0.3, 0.4) is 0 Å². The van der Waals surface area contributed by atoms with Crippen molar-refractivity contribution in [2.24, 2.45) is 0 Å². The molecule has 0 fully saturated rings. The Hall–Kier alpha value is -6.52. The number of aromatic hydroxyl groups is 1. The lowest BCUT2D eigenvalue weighted by Gasteiger charge is -2.17. The van der Waals surface area contributed by atoms with Crippen molar-refractivity contribution < 1.29 is 14.9 Å². The number of aliphatic hydroxyl groups excluding tert-OH is 1. The van der Waals surface area contributed by atoms with E-state index < -0.39 is 0 Å². The lowest BCUT2D eigenvalue weighted by atomic mass is 9.91. The minimum atomic E-state index is -0.123. The molecule has 0 spiro atoms. The van der Waals surface area contributed by atoms with Gasteiger partial charge in [0.05, 0.1) is 6.61 Å². The number of rotatable bonds is 4. The second kappa shape index (κ2) is 12.9. The van der Waals surface area contributed by atoms with Crippen molar-refractivity contribution >= 4 is 43.1 Å². The van der Waals surface area contributed by atoms with Crippen LogP contribution in [0.4, 0.5) is 0 Å². The first-order valence-corrected chi connectivity index (χ1v) is 16.2. The van der Waals surface area contributed by atoms with Crippen LogP contribution in [-0.2, 0) is 0 Å². The summed E-state index contributed by atoms with van der Waals surface area (Å²) in [7, 11) is 0. The average Bonchev–Trinajstić information content (AvgIpc) is 3.15. The van der Waals surface area contributed by atoms with E-state index in [1.165, 1.54) is 10.8 Å². The maximum Gasteiger partial charge on any atom is 0.128 e. The molecular formula is C46H30O3. The van der Waals surface area contributed by atoms with Crippen molar-refractivity contribution in [3.8, 4) is 46.3 Å². The third-order valence-electron chi connectivity index (χ3n) is 8.78. The van der Waals surface area contributed by atoms with Crippen molar-refractivity contribution in [3.05, 3.63) is 168 Å². The van der Waals surface area contributed by atoms with Crippen LogP contribution in [0.25, 0.3) is 54.2 Å². The van der Waals surface area contributed by atoms with E-state index in [-0.39, 0.29) is 19.0 Å². The molecule has 0 radical (unpaired) electrons. The fourth-order valence-corrected chi connectivity index (χ4v) is 6.40. The lowest BCUT2D eigenvalue weighted by Crippen LogP contribution is -2.03. The quantitative estimate of drug-likeness (QED) is 0.190. The van der Waals surface area contributed by atoms with Gasteiger partial charge in [0.15, 0.2) is 0 Å². The SMILES string of the molecule is OCCOc1ccc2cc(C#Cc3ccc4ccccc4c3)ccc2c1-c1c(O)ccc2cc(C#Cc3ccc4ccccc4c3)ccc12. The zero-order valence-corrected chi connectivity index (χ0v) is 26.6. The zero-order valence-electron chi connectivity index (χ0n) is 26.6. The molecule has 3 nitrogen and oxygen atoms in total. The molecule has 0 aromatic heterocycles. The molecule has 0 amide bonds. The van der Waals surface area contributed by atoms with Gasteiger partial charge in [0.2, 0.25) is 0 Å². The van der Waals surface area contributed by atoms with Crippen LogP contribution in [0.2, 0.25) is 0 Å². The van der Waals surface area contributed by atoms with Gasteiger partial charge in [-0.05, 0) is 104 Å². The highest BCUT2D eigenvalue weighted by Gasteiger charge is 2.18. The van der Waals surface area contributed by atoms with E-state index in [9.17, 15) is 10.2 Å². The molecule has 3 heteroatoms. The highest BCUT2D eigenvalue weighted by molar-refractivity contribution is 6.10. The summed E-state index contributed by atoms with van der Waals surface area (Å²) in [5, 5.41) is 29.3.